The number of carbonyl (C=O) groups excluding carboxylic acids is 1. The number of halogens is 1. The first kappa shape index (κ1) is 23.0. The predicted octanol–water partition coefficient (Wildman–Crippen LogP) is 3.56. The highest BCUT2D eigenvalue weighted by atomic mass is 19.1. The van der Waals surface area contributed by atoms with Gasteiger partial charge in [-0.15, -0.1) is 0 Å². The van der Waals surface area contributed by atoms with Crippen LogP contribution in [-0.4, -0.2) is 57.0 Å². The number of nitrogens with one attached hydrogen (secondary N) is 2. The van der Waals surface area contributed by atoms with E-state index in [0.29, 0.717) is 52.5 Å². The summed E-state index contributed by atoms with van der Waals surface area (Å²) in [6.45, 7) is 9.98. The fourth-order valence-corrected chi connectivity index (χ4v) is 4.69. The van der Waals surface area contributed by atoms with E-state index in [-0.39, 0.29) is 5.65 Å². The van der Waals surface area contributed by atoms with Gasteiger partial charge in [-0.25, -0.2) is 19.3 Å². The van der Waals surface area contributed by atoms with E-state index in [9.17, 15) is 9.18 Å². The molecule has 0 bridgehead atoms. The van der Waals surface area contributed by atoms with Crippen LogP contribution in [0.4, 0.5) is 15.8 Å². The summed E-state index contributed by atoms with van der Waals surface area (Å²) in [7, 11) is 0. The molecular weight excluding hydrogens is 449 g/mol. The number of aryl methyl sites for hydroxylation is 1. The van der Waals surface area contributed by atoms with Gasteiger partial charge in [0.05, 0.1) is 35.4 Å². The van der Waals surface area contributed by atoms with Crippen LogP contribution in [0.25, 0.3) is 16.7 Å². The van der Waals surface area contributed by atoms with Crippen LogP contribution in [0.5, 0.6) is 5.88 Å². The second kappa shape index (κ2) is 9.10. The summed E-state index contributed by atoms with van der Waals surface area (Å²) in [4.78, 5) is 29.0. The number of pyridine rings is 1. The van der Waals surface area contributed by atoms with Crippen molar-refractivity contribution in [3.8, 4) is 5.88 Å². The maximum absolute atomic E-state index is 14.5. The molecule has 1 amide bonds. The zero-order valence-corrected chi connectivity index (χ0v) is 20.2. The lowest BCUT2D eigenvalue weighted by atomic mass is 10.1. The molecule has 1 aliphatic rings. The molecule has 2 N–H and O–H groups in total. The number of anilines is 2. The van der Waals surface area contributed by atoms with Crippen LogP contribution in [0.3, 0.4) is 0 Å². The topological polar surface area (TPSA) is 96.7 Å². The third kappa shape index (κ3) is 4.49. The number of ether oxygens (including phenoxy) is 1. The molecule has 1 saturated heterocycles. The highest BCUT2D eigenvalue weighted by molar-refractivity contribution is 6.13. The Hall–Kier alpha value is -3.79. The summed E-state index contributed by atoms with van der Waals surface area (Å²) in [6, 6.07) is 5.52. The number of amides is 1. The molecule has 4 aromatic rings. The molecular formula is C25H28FN7O2. The zero-order chi connectivity index (χ0) is 24.7. The van der Waals surface area contributed by atoms with Crippen LogP contribution in [-0.2, 0) is 0 Å². The van der Waals surface area contributed by atoms with Crippen LogP contribution >= 0.6 is 0 Å². The molecule has 2 atom stereocenters. The van der Waals surface area contributed by atoms with Crippen LogP contribution < -0.4 is 20.3 Å². The minimum absolute atomic E-state index is 0.210. The van der Waals surface area contributed by atoms with E-state index in [0.717, 1.165) is 18.8 Å². The minimum Gasteiger partial charge on any atom is -0.477 e. The molecule has 1 fully saturated rings. The van der Waals surface area contributed by atoms with Crippen molar-refractivity contribution in [3.05, 3.63) is 53.9 Å². The molecule has 3 aromatic heterocycles. The normalized spacial score (nSPS) is 18.3. The molecule has 0 unspecified atom stereocenters. The fourth-order valence-electron chi connectivity index (χ4n) is 4.69. The van der Waals surface area contributed by atoms with Gasteiger partial charge < -0.3 is 24.7 Å². The first-order valence-electron chi connectivity index (χ1n) is 11.7. The molecule has 0 radical (unpaired) electrons. The van der Waals surface area contributed by atoms with Crippen LogP contribution in [0.1, 0.15) is 36.8 Å². The Bertz CT molecular complexity index is 1410. The quantitative estimate of drug-likeness (QED) is 0.454. The second-order valence-corrected chi connectivity index (χ2v) is 8.99. The zero-order valence-electron chi connectivity index (χ0n) is 20.2. The Balaban J connectivity index is 1.55. The Morgan fingerprint density at radius 3 is 2.71 bits per heavy atom. The van der Waals surface area contributed by atoms with E-state index < -0.39 is 11.7 Å². The number of hydrogen-bond donors (Lipinski definition) is 2. The number of carbonyl (C=O) groups is 1. The molecule has 4 heterocycles. The molecule has 0 saturated carbocycles. The van der Waals surface area contributed by atoms with Gasteiger partial charge in [0, 0.05) is 43.6 Å². The van der Waals surface area contributed by atoms with Gasteiger partial charge >= 0.3 is 0 Å². The summed E-state index contributed by atoms with van der Waals surface area (Å²) in [5.41, 5.74) is 3.50. The Labute approximate surface area is 202 Å². The van der Waals surface area contributed by atoms with Gasteiger partial charge in [-0.05, 0) is 39.8 Å². The highest BCUT2D eigenvalue weighted by Crippen LogP contribution is 2.30. The van der Waals surface area contributed by atoms with Crippen molar-refractivity contribution in [1.82, 2.24) is 24.7 Å². The molecule has 10 heteroatoms. The van der Waals surface area contributed by atoms with Gasteiger partial charge in [0.2, 0.25) is 5.88 Å². The lowest BCUT2D eigenvalue weighted by Crippen LogP contribution is -2.54. The van der Waals surface area contributed by atoms with Crippen molar-refractivity contribution in [3.63, 3.8) is 0 Å². The van der Waals surface area contributed by atoms with Gasteiger partial charge in [0.25, 0.3) is 5.91 Å². The van der Waals surface area contributed by atoms with Crippen molar-refractivity contribution in [1.29, 1.82) is 0 Å². The third-order valence-electron chi connectivity index (χ3n) is 5.98. The van der Waals surface area contributed by atoms with E-state index in [1.54, 1.807) is 36.0 Å². The van der Waals surface area contributed by atoms with E-state index in [1.807, 2.05) is 13.0 Å². The average Bonchev–Trinajstić information content (AvgIpc) is 3.18. The summed E-state index contributed by atoms with van der Waals surface area (Å²) in [6.07, 6.45) is 4.91. The van der Waals surface area contributed by atoms with Crippen LogP contribution in [0, 0.1) is 12.7 Å². The maximum atomic E-state index is 14.5. The summed E-state index contributed by atoms with van der Waals surface area (Å²) in [5.74, 6) is -0.590. The predicted molar refractivity (Wildman–Crippen MR) is 133 cm³/mol. The Kier molecular flexibility index (Phi) is 5.98. The van der Waals surface area contributed by atoms with Gasteiger partial charge in [-0.1, -0.05) is 0 Å². The van der Waals surface area contributed by atoms with Gasteiger partial charge in [-0.2, -0.15) is 0 Å². The molecule has 1 aliphatic heterocycles. The van der Waals surface area contributed by atoms with Crippen molar-refractivity contribution < 1.29 is 13.9 Å². The second-order valence-electron chi connectivity index (χ2n) is 8.99. The fraction of sp³-hybridized carbons (Fsp3) is 0.360. The number of nitrogens with zero attached hydrogens (tertiary/aromatic N) is 5. The van der Waals surface area contributed by atoms with Crippen LogP contribution in [0.2, 0.25) is 0 Å². The van der Waals surface area contributed by atoms with Gasteiger partial charge in [0.15, 0.2) is 11.5 Å². The molecule has 9 nitrogen and oxygen atoms in total. The lowest BCUT2D eigenvalue weighted by molar-refractivity contribution is 0.102. The van der Waals surface area contributed by atoms with Gasteiger partial charge in [0.1, 0.15) is 11.0 Å². The van der Waals surface area contributed by atoms with E-state index in [1.165, 1.54) is 6.07 Å². The molecule has 35 heavy (non-hydrogen) atoms. The van der Waals surface area contributed by atoms with Crippen molar-refractivity contribution in [2.75, 3.05) is 29.9 Å². The highest BCUT2D eigenvalue weighted by Gasteiger charge is 2.25. The largest absolute Gasteiger partial charge is 0.477 e. The molecule has 1 aromatic carbocycles. The van der Waals surface area contributed by atoms with Crippen LogP contribution in [0.15, 0.2) is 36.8 Å². The van der Waals surface area contributed by atoms with Crippen molar-refractivity contribution in [2.45, 2.75) is 39.8 Å². The monoisotopic (exact) mass is 477 g/mol. The molecule has 0 spiro atoms. The van der Waals surface area contributed by atoms with E-state index in [2.05, 4.69) is 44.3 Å². The van der Waals surface area contributed by atoms with E-state index >= 15 is 0 Å². The summed E-state index contributed by atoms with van der Waals surface area (Å²) in [5, 5.41) is 6.33. The number of rotatable bonds is 5. The van der Waals surface area contributed by atoms with Crippen molar-refractivity contribution >= 4 is 34.0 Å². The maximum Gasteiger partial charge on any atom is 0.257 e. The Morgan fingerprint density at radius 1 is 1.20 bits per heavy atom. The smallest absolute Gasteiger partial charge is 0.257 e. The number of hydrogen-bond acceptors (Lipinski definition) is 7. The van der Waals surface area contributed by atoms with Crippen molar-refractivity contribution in [2.24, 2.45) is 0 Å². The number of fused-ring (bicyclic) bond motifs is 2. The number of imidazole rings is 1. The lowest BCUT2D eigenvalue weighted by Gasteiger charge is -2.38. The molecule has 0 aliphatic carbocycles. The first-order chi connectivity index (χ1) is 16.8. The molecule has 182 valence electrons. The van der Waals surface area contributed by atoms with Gasteiger partial charge in [-0.3, -0.25) is 4.79 Å². The number of benzene rings is 1. The molecule has 5 rings (SSSR count). The third-order valence-corrected chi connectivity index (χ3v) is 5.98. The number of aromatic nitrogens is 4. The SMILES string of the molecule is CCOc1cnc2c(N3C[C@H](C)N[C@@H](C)C3)ccc(C(=O)Nc3cc(F)c4nc(C)cn4c3)c2n1. The van der Waals surface area contributed by atoms with E-state index in [4.69, 9.17) is 4.74 Å². The minimum atomic E-state index is -0.517. The first-order valence-corrected chi connectivity index (χ1v) is 11.7. The summed E-state index contributed by atoms with van der Waals surface area (Å²) < 4.78 is 21.7. The standard InChI is InChI=1S/C25H28FN7O2/c1-5-35-21-9-27-23-20(32-10-14(2)28-15(3)11-32)7-6-18(22(23)31-21)25(34)30-17-8-19(26)24-29-16(4)12-33(24)13-17/h6-9,12-15,28H,5,10-11H2,1-4H3,(H,30,34)/t14-,15-/m0/s1. The Morgan fingerprint density at radius 2 is 1.97 bits per heavy atom. The average molecular weight is 478 g/mol. The summed E-state index contributed by atoms with van der Waals surface area (Å²) >= 11 is 0. The number of piperazine rings is 1.